The first-order chi connectivity index (χ1) is 8.07. The Kier molecular flexibility index (Phi) is 3.76. The van der Waals surface area contributed by atoms with Crippen LogP contribution in [0.2, 0.25) is 0 Å². The standard InChI is InChI=1S/C14H26N2O/c1-10(2)9-16-14(13(15)17,11-5-3-6-11)12-7-4-8-12/h10-12,16H,3-9H2,1-2H3,(H2,15,17). The number of rotatable bonds is 6. The van der Waals surface area contributed by atoms with Crippen molar-refractivity contribution in [2.75, 3.05) is 6.54 Å². The van der Waals surface area contributed by atoms with E-state index in [2.05, 4.69) is 19.2 Å². The zero-order valence-electron chi connectivity index (χ0n) is 11.2. The van der Waals surface area contributed by atoms with Gasteiger partial charge in [0.25, 0.3) is 0 Å². The lowest BCUT2D eigenvalue weighted by Crippen LogP contribution is -2.67. The van der Waals surface area contributed by atoms with Crippen LogP contribution in [0.3, 0.4) is 0 Å². The molecule has 17 heavy (non-hydrogen) atoms. The highest BCUT2D eigenvalue weighted by Gasteiger charge is 2.53. The van der Waals surface area contributed by atoms with E-state index in [4.69, 9.17) is 5.73 Å². The molecule has 2 saturated carbocycles. The van der Waals surface area contributed by atoms with Crippen molar-refractivity contribution in [3.05, 3.63) is 0 Å². The third-order valence-corrected chi connectivity index (χ3v) is 4.71. The normalized spacial score (nSPS) is 22.3. The Morgan fingerprint density at radius 1 is 1.24 bits per heavy atom. The number of hydrogen-bond acceptors (Lipinski definition) is 2. The first-order valence-electron chi connectivity index (χ1n) is 7.12. The van der Waals surface area contributed by atoms with Crippen molar-refractivity contribution >= 4 is 5.91 Å². The van der Waals surface area contributed by atoms with E-state index in [9.17, 15) is 4.79 Å². The van der Waals surface area contributed by atoms with Crippen LogP contribution in [0.25, 0.3) is 0 Å². The van der Waals surface area contributed by atoms with Crippen LogP contribution in [0.5, 0.6) is 0 Å². The third kappa shape index (κ3) is 2.22. The third-order valence-electron chi connectivity index (χ3n) is 4.71. The highest BCUT2D eigenvalue weighted by atomic mass is 16.1. The van der Waals surface area contributed by atoms with Gasteiger partial charge in [-0.05, 0) is 50.0 Å². The second-order valence-electron chi connectivity index (χ2n) is 6.26. The molecule has 0 aromatic heterocycles. The molecule has 2 rings (SSSR count). The van der Waals surface area contributed by atoms with Gasteiger partial charge >= 0.3 is 0 Å². The van der Waals surface area contributed by atoms with Crippen molar-refractivity contribution in [1.29, 1.82) is 0 Å². The van der Waals surface area contributed by atoms with Gasteiger partial charge < -0.3 is 11.1 Å². The Balaban J connectivity index is 2.14. The van der Waals surface area contributed by atoms with Gasteiger partial charge in [-0.3, -0.25) is 4.79 Å². The smallest absolute Gasteiger partial charge is 0.238 e. The van der Waals surface area contributed by atoms with E-state index in [-0.39, 0.29) is 11.4 Å². The molecule has 0 unspecified atom stereocenters. The second-order valence-corrected chi connectivity index (χ2v) is 6.26. The number of primary amides is 1. The fourth-order valence-corrected chi connectivity index (χ4v) is 3.21. The van der Waals surface area contributed by atoms with Crippen LogP contribution in [-0.4, -0.2) is 18.0 Å². The molecule has 0 heterocycles. The summed E-state index contributed by atoms with van der Waals surface area (Å²) in [7, 11) is 0. The van der Waals surface area contributed by atoms with E-state index < -0.39 is 0 Å². The number of carbonyl (C=O) groups excluding carboxylic acids is 1. The Labute approximate surface area is 105 Å². The van der Waals surface area contributed by atoms with Crippen LogP contribution in [0.1, 0.15) is 52.4 Å². The monoisotopic (exact) mass is 238 g/mol. The molecule has 2 aliphatic rings. The fraction of sp³-hybridized carbons (Fsp3) is 0.929. The Bertz CT molecular complexity index is 266. The maximum atomic E-state index is 12.1. The van der Waals surface area contributed by atoms with E-state index in [1.807, 2.05) is 0 Å². The SMILES string of the molecule is CC(C)CNC(C(N)=O)(C1CCC1)C1CCC1. The number of nitrogens with two attached hydrogens (primary N) is 1. The summed E-state index contributed by atoms with van der Waals surface area (Å²) in [5.41, 5.74) is 5.39. The van der Waals surface area contributed by atoms with Crippen LogP contribution < -0.4 is 11.1 Å². The first kappa shape index (κ1) is 12.9. The molecule has 0 radical (unpaired) electrons. The molecule has 0 aliphatic heterocycles. The van der Waals surface area contributed by atoms with Crippen molar-refractivity contribution in [1.82, 2.24) is 5.32 Å². The lowest BCUT2D eigenvalue weighted by Gasteiger charge is -2.51. The van der Waals surface area contributed by atoms with Crippen molar-refractivity contribution < 1.29 is 4.79 Å². The summed E-state index contributed by atoms with van der Waals surface area (Å²) in [6, 6.07) is 0. The van der Waals surface area contributed by atoms with Crippen molar-refractivity contribution in [2.24, 2.45) is 23.5 Å². The largest absolute Gasteiger partial charge is 0.368 e. The summed E-state index contributed by atoms with van der Waals surface area (Å²) < 4.78 is 0. The highest BCUT2D eigenvalue weighted by Crippen LogP contribution is 2.47. The quantitative estimate of drug-likeness (QED) is 0.744. The van der Waals surface area contributed by atoms with Gasteiger partial charge in [-0.15, -0.1) is 0 Å². The highest BCUT2D eigenvalue weighted by molar-refractivity contribution is 5.86. The van der Waals surface area contributed by atoms with Crippen LogP contribution in [-0.2, 0) is 4.79 Å². The van der Waals surface area contributed by atoms with Gasteiger partial charge in [0.05, 0.1) is 0 Å². The van der Waals surface area contributed by atoms with Crippen molar-refractivity contribution in [3.63, 3.8) is 0 Å². The Hall–Kier alpha value is -0.570. The molecule has 0 saturated heterocycles. The molecule has 3 nitrogen and oxygen atoms in total. The number of nitrogens with one attached hydrogen (secondary N) is 1. The molecule has 0 aromatic carbocycles. The topological polar surface area (TPSA) is 55.1 Å². The van der Waals surface area contributed by atoms with E-state index in [1.165, 1.54) is 38.5 Å². The van der Waals surface area contributed by atoms with E-state index in [1.54, 1.807) is 0 Å². The fourth-order valence-electron chi connectivity index (χ4n) is 3.21. The van der Waals surface area contributed by atoms with Gasteiger partial charge in [0, 0.05) is 0 Å². The molecule has 2 aliphatic carbocycles. The van der Waals surface area contributed by atoms with Gasteiger partial charge in [-0.25, -0.2) is 0 Å². The van der Waals surface area contributed by atoms with Crippen LogP contribution >= 0.6 is 0 Å². The first-order valence-corrected chi connectivity index (χ1v) is 7.12. The summed E-state index contributed by atoms with van der Waals surface area (Å²) in [4.78, 5) is 12.1. The number of amides is 1. The summed E-state index contributed by atoms with van der Waals surface area (Å²) >= 11 is 0. The number of hydrogen-bond donors (Lipinski definition) is 2. The minimum absolute atomic E-state index is 0.104. The Morgan fingerprint density at radius 2 is 1.71 bits per heavy atom. The predicted molar refractivity (Wildman–Crippen MR) is 69.4 cm³/mol. The van der Waals surface area contributed by atoms with Crippen LogP contribution in [0, 0.1) is 17.8 Å². The average molecular weight is 238 g/mol. The summed E-state index contributed by atoms with van der Waals surface area (Å²) in [5, 5.41) is 3.56. The summed E-state index contributed by atoms with van der Waals surface area (Å²) in [5.74, 6) is 1.44. The molecule has 3 N–H and O–H groups in total. The van der Waals surface area contributed by atoms with E-state index in [0.717, 1.165) is 6.54 Å². The van der Waals surface area contributed by atoms with Crippen LogP contribution in [0.4, 0.5) is 0 Å². The van der Waals surface area contributed by atoms with E-state index >= 15 is 0 Å². The molecule has 0 bridgehead atoms. The minimum Gasteiger partial charge on any atom is -0.368 e. The molecule has 98 valence electrons. The molecular weight excluding hydrogens is 212 g/mol. The summed E-state index contributed by atoms with van der Waals surface area (Å²) in [6.07, 6.45) is 7.20. The van der Waals surface area contributed by atoms with E-state index in [0.29, 0.717) is 17.8 Å². The lowest BCUT2D eigenvalue weighted by atomic mass is 9.59. The molecule has 0 aromatic rings. The molecular formula is C14H26N2O. The van der Waals surface area contributed by atoms with Gasteiger partial charge in [0.15, 0.2) is 0 Å². The minimum atomic E-state index is -0.388. The molecule has 0 spiro atoms. The predicted octanol–water partition coefficient (Wildman–Crippen LogP) is 2.06. The molecule has 0 atom stereocenters. The average Bonchev–Trinajstić information content (AvgIpc) is 2.07. The van der Waals surface area contributed by atoms with Crippen molar-refractivity contribution in [3.8, 4) is 0 Å². The van der Waals surface area contributed by atoms with Gasteiger partial charge in [0.2, 0.25) is 5.91 Å². The summed E-state index contributed by atoms with van der Waals surface area (Å²) in [6.45, 7) is 5.26. The maximum absolute atomic E-state index is 12.1. The van der Waals surface area contributed by atoms with Crippen LogP contribution in [0.15, 0.2) is 0 Å². The zero-order chi connectivity index (χ0) is 12.5. The maximum Gasteiger partial charge on any atom is 0.238 e. The Morgan fingerprint density at radius 3 is 1.94 bits per heavy atom. The second kappa shape index (κ2) is 4.97. The molecule has 3 heteroatoms. The zero-order valence-corrected chi connectivity index (χ0v) is 11.2. The van der Waals surface area contributed by atoms with Gasteiger partial charge in [-0.1, -0.05) is 26.7 Å². The van der Waals surface area contributed by atoms with Crippen molar-refractivity contribution in [2.45, 2.75) is 57.9 Å². The van der Waals surface area contributed by atoms with Gasteiger partial charge in [-0.2, -0.15) is 0 Å². The number of carbonyl (C=O) groups is 1. The molecule has 2 fully saturated rings. The lowest BCUT2D eigenvalue weighted by molar-refractivity contribution is -0.134. The molecule has 1 amide bonds. The van der Waals surface area contributed by atoms with Gasteiger partial charge in [0.1, 0.15) is 5.54 Å².